The normalized spacial score (nSPS) is 17.7. The molecule has 1 unspecified atom stereocenters. The summed E-state index contributed by atoms with van der Waals surface area (Å²) >= 11 is 0. The molecule has 1 amide bonds. The molecule has 3 rings (SSSR count). The highest BCUT2D eigenvalue weighted by atomic mass is 19.1. The highest BCUT2D eigenvalue weighted by molar-refractivity contribution is 6.46. The molecule has 33 heavy (non-hydrogen) atoms. The average Bonchev–Trinajstić information content (AvgIpc) is 3.08. The van der Waals surface area contributed by atoms with Gasteiger partial charge in [0, 0.05) is 18.7 Å². The third kappa shape index (κ3) is 5.42. The second-order valence-corrected chi connectivity index (χ2v) is 7.94. The molecular weight excluding hydrogens is 423 g/mol. The van der Waals surface area contributed by atoms with Crippen LogP contribution in [0.15, 0.2) is 54.1 Å². The van der Waals surface area contributed by atoms with E-state index in [2.05, 4.69) is 4.90 Å². The number of likely N-dealkylation sites (N-methyl/N-ethyl adjacent to an activating group) is 1. The number of aliphatic hydroxyl groups is 1. The van der Waals surface area contributed by atoms with Crippen LogP contribution in [-0.2, 0) is 9.59 Å². The van der Waals surface area contributed by atoms with Gasteiger partial charge >= 0.3 is 0 Å². The SMILES string of the molecule is CCCOc1ccc(/C(O)=C2\C(=O)C(=O)N(CCN(CC)CC)C2c2ccc(F)cc2)cc1. The van der Waals surface area contributed by atoms with Crippen molar-refractivity contribution in [3.63, 3.8) is 0 Å². The molecule has 1 atom stereocenters. The molecule has 2 aromatic carbocycles. The van der Waals surface area contributed by atoms with Crippen LogP contribution in [-0.4, -0.2) is 59.4 Å². The van der Waals surface area contributed by atoms with Crippen molar-refractivity contribution in [3.05, 3.63) is 71.0 Å². The fourth-order valence-corrected chi connectivity index (χ4v) is 3.98. The standard InChI is InChI=1S/C26H31FN2O4/c1-4-17-33-21-13-9-19(10-14-21)24(30)22-23(18-7-11-20(27)12-8-18)29(26(32)25(22)31)16-15-28(5-2)6-3/h7-14,23,30H,4-6,15-17H2,1-3H3/b24-22+. The van der Waals surface area contributed by atoms with Gasteiger partial charge < -0.3 is 19.6 Å². The van der Waals surface area contributed by atoms with Gasteiger partial charge in [0.25, 0.3) is 11.7 Å². The number of ether oxygens (including phenoxy) is 1. The number of ketones is 1. The molecule has 1 heterocycles. The summed E-state index contributed by atoms with van der Waals surface area (Å²) in [5.41, 5.74) is 0.987. The lowest BCUT2D eigenvalue weighted by atomic mass is 9.95. The summed E-state index contributed by atoms with van der Waals surface area (Å²) in [6.07, 6.45) is 0.871. The van der Waals surface area contributed by atoms with Gasteiger partial charge in [-0.15, -0.1) is 0 Å². The monoisotopic (exact) mass is 454 g/mol. The third-order valence-electron chi connectivity index (χ3n) is 5.88. The van der Waals surface area contributed by atoms with Crippen LogP contribution in [0.4, 0.5) is 4.39 Å². The van der Waals surface area contributed by atoms with E-state index in [4.69, 9.17) is 4.74 Å². The molecule has 0 saturated carbocycles. The van der Waals surface area contributed by atoms with E-state index in [-0.39, 0.29) is 11.3 Å². The number of aliphatic hydroxyl groups excluding tert-OH is 1. The smallest absolute Gasteiger partial charge is 0.295 e. The maximum Gasteiger partial charge on any atom is 0.295 e. The van der Waals surface area contributed by atoms with Crippen LogP contribution in [0, 0.1) is 5.82 Å². The van der Waals surface area contributed by atoms with E-state index in [1.807, 2.05) is 20.8 Å². The predicted octanol–water partition coefficient (Wildman–Crippen LogP) is 4.38. The van der Waals surface area contributed by atoms with Crippen LogP contribution in [0.1, 0.15) is 44.4 Å². The summed E-state index contributed by atoms with van der Waals surface area (Å²) in [5, 5.41) is 11.1. The Morgan fingerprint density at radius 3 is 2.24 bits per heavy atom. The number of hydrogen-bond donors (Lipinski definition) is 1. The molecule has 176 valence electrons. The molecule has 0 aromatic heterocycles. The molecule has 7 heteroatoms. The van der Waals surface area contributed by atoms with E-state index in [1.165, 1.54) is 17.0 Å². The van der Waals surface area contributed by atoms with Gasteiger partial charge in [-0.25, -0.2) is 4.39 Å². The summed E-state index contributed by atoms with van der Waals surface area (Å²) in [6.45, 7) is 9.17. The largest absolute Gasteiger partial charge is 0.507 e. The van der Waals surface area contributed by atoms with E-state index in [9.17, 15) is 19.1 Å². The van der Waals surface area contributed by atoms with Crippen LogP contribution in [0.5, 0.6) is 5.75 Å². The average molecular weight is 455 g/mol. The number of benzene rings is 2. The number of amides is 1. The highest BCUT2D eigenvalue weighted by Crippen LogP contribution is 2.39. The maximum atomic E-state index is 13.6. The minimum absolute atomic E-state index is 0.00776. The van der Waals surface area contributed by atoms with Crippen LogP contribution >= 0.6 is 0 Å². The summed E-state index contributed by atoms with van der Waals surface area (Å²) in [7, 11) is 0. The lowest BCUT2D eigenvalue weighted by Gasteiger charge is -2.28. The number of Topliss-reactive ketones (excluding diaryl/α,β-unsaturated/α-hetero) is 1. The van der Waals surface area contributed by atoms with E-state index in [1.54, 1.807) is 36.4 Å². The molecular formula is C26H31FN2O4. The Kier molecular flexibility index (Phi) is 8.22. The van der Waals surface area contributed by atoms with Crippen molar-refractivity contribution < 1.29 is 23.8 Å². The number of carbonyl (C=O) groups excluding carboxylic acids is 2. The molecule has 1 aliphatic rings. The number of likely N-dealkylation sites (tertiary alicyclic amines) is 1. The van der Waals surface area contributed by atoms with Gasteiger partial charge in [0.1, 0.15) is 17.3 Å². The van der Waals surface area contributed by atoms with Gasteiger partial charge in [-0.3, -0.25) is 9.59 Å². The number of nitrogens with zero attached hydrogens (tertiary/aromatic N) is 2. The minimum atomic E-state index is -0.794. The lowest BCUT2D eigenvalue weighted by molar-refractivity contribution is -0.140. The van der Waals surface area contributed by atoms with Crippen molar-refractivity contribution >= 4 is 17.4 Å². The van der Waals surface area contributed by atoms with Gasteiger partial charge in [-0.05, 0) is 61.5 Å². The Hall–Kier alpha value is -3.19. The quantitative estimate of drug-likeness (QED) is 0.328. The fourth-order valence-electron chi connectivity index (χ4n) is 3.98. The molecule has 0 aliphatic carbocycles. The van der Waals surface area contributed by atoms with E-state index < -0.39 is 23.5 Å². The molecule has 1 aliphatic heterocycles. The maximum absolute atomic E-state index is 13.6. The van der Waals surface area contributed by atoms with Gasteiger partial charge in [0.15, 0.2) is 0 Å². The molecule has 0 bridgehead atoms. The van der Waals surface area contributed by atoms with Crippen LogP contribution in [0.2, 0.25) is 0 Å². The number of halogens is 1. The topological polar surface area (TPSA) is 70.1 Å². The molecule has 6 nitrogen and oxygen atoms in total. The van der Waals surface area contributed by atoms with E-state index in [0.29, 0.717) is 36.6 Å². The Morgan fingerprint density at radius 1 is 1.03 bits per heavy atom. The molecule has 1 fully saturated rings. The number of carbonyl (C=O) groups is 2. The van der Waals surface area contributed by atoms with Crippen LogP contribution < -0.4 is 4.74 Å². The fraction of sp³-hybridized carbons (Fsp3) is 0.385. The van der Waals surface area contributed by atoms with Crippen molar-refractivity contribution in [2.45, 2.75) is 33.2 Å². The molecule has 1 saturated heterocycles. The first-order chi connectivity index (χ1) is 15.9. The van der Waals surface area contributed by atoms with Gasteiger partial charge in [-0.1, -0.05) is 32.9 Å². The van der Waals surface area contributed by atoms with Crippen molar-refractivity contribution in [1.29, 1.82) is 0 Å². The number of rotatable bonds is 10. The first-order valence-electron chi connectivity index (χ1n) is 11.4. The van der Waals surface area contributed by atoms with Crippen molar-refractivity contribution in [3.8, 4) is 5.75 Å². The second kappa shape index (κ2) is 11.1. The lowest BCUT2D eigenvalue weighted by Crippen LogP contribution is -2.38. The zero-order chi connectivity index (χ0) is 24.0. The summed E-state index contributed by atoms with van der Waals surface area (Å²) in [5.74, 6) is -1.42. The Balaban J connectivity index is 2.02. The first-order valence-corrected chi connectivity index (χ1v) is 11.4. The van der Waals surface area contributed by atoms with Crippen LogP contribution in [0.3, 0.4) is 0 Å². The van der Waals surface area contributed by atoms with Crippen molar-refractivity contribution in [1.82, 2.24) is 9.80 Å². The molecule has 1 N–H and O–H groups in total. The van der Waals surface area contributed by atoms with Gasteiger partial charge in [-0.2, -0.15) is 0 Å². The Labute approximate surface area is 194 Å². The Morgan fingerprint density at radius 2 is 1.67 bits per heavy atom. The van der Waals surface area contributed by atoms with Crippen molar-refractivity contribution in [2.75, 3.05) is 32.8 Å². The zero-order valence-electron chi connectivity index (χ0n) is 19.4. The van der Waals surface area contributed by atoms with Gasteiger partial charge in [0.2, 0.25) is 0 Å². The Bertz CT molecular complexity index is 998. The second-order valence-electron chi connectivity index (χ2n) is 7.94. The van der Waals surface area contributed by atoms with Crippen molar-refractivity contribution in [2.24, 2.45) is 0 Å². The summed E-state index contributed by atoms with van der Waals surface area (Å²) < 4.78 is 19.2. The molecule has 2 aromatic rings. The first kappa shape index (κ1) is 24.5. The summed E-state index contributed by atoms with van der Waals surface area (Å²) in [6, 6.07) is 11.6. The number of hydrogen-bond acceptors (Lipinski definition) is 5. The third-order valence-corrected chi connectivity index (χ3v) is 5.88. The highest BCUT2D eigenvalue weighted by Gasteiger charge is 2.45. The minimum Gasteiger partial charge on any atom is -0.507 e. The van der Waals surface area contributed by atoms with Crippen LogP contribution in [0.25, 0.3) is 5.76 Å². The molecule has 0 radical (unpaired) electrons. The van der Waals surface area contributed by atoms with Gasteiger partial charge in [0.05, 0.1) is 18.2 Å². The predicted molar refractivity (Wildman–Crippen MR) is 125 cm³/mol. The van der Waals surface area contributed by atoms with E-state index >= 15 is 0 Å². The molecule has 0 spiro atoms. The zero-order valence-corrected chi connectivity index (χ0v) is 19.4. The summed E-state index contributed by atoms with van der Waals surface area (Å²) in [4.78, 5) is 29.7. The van der Waals surface area contributed by atoms with E-state index in [0.717, 1.165) is 19.5 Å².